The van der Waals surface area contributed by atoms with Gasteiger partial charge < -0.3 is 5.11 Å². The molecule has 0 amide bonds. The van der Waals surface area contributed by atoms with E-state index in [1.165, 1.54) is 0 Å². The van der Waals surface area contributed by atoms with E-state index in [0.717, 1.165) is 5.56 Å². The number of carboxylic acid groups (broad SMARTS) is 1. The molecule has 2 atom stereocenters. The molecule has 1 aromatic rings. The van der Waals surface area contributed by atoms with Gasteiger partial charge in [-0.25, -0.2) is 13.1 Å². The molecular formula is C15H18ClNO4S. The maximum Gasteiger partial charge on any atom is 0.308 e. The van der Waals surface area contributed by atoms with Gasteiger partial charge in [0.05, 0.1) is 11.7 Å². The first-order valence-corrected chi connectivity index (χ1v) is 9.03. The molecule has 0 saturated carbocycles. The number of sulfonamides is 1. The molecule has 5 nitrogen and oxygen atoms in total. The predicted molar refractivity (Wildman–Crippen MR) is 85.4 cm³/mol. The van der Waals surface area contributed by atoms with Crippen LogP contribution in [0.4, 0.5) is 0 Å². The number of halogens is 1. The highest BCUT2D eigenvalue weighted by molar-refractivity contribution is 7.89. The summed E-state index contributed by atoms with van der Waals surface area (Å²) in [7, 11) is -3.57. The van der Waals surface area contributed by atoms with Crippen molar-refractivity contribution in [2.24, 2.45) is 5.92 Å². The summed E-state index contributed by atoms with van der Waals surface area (Å²) in [5, 5.41) is 9.69. The van der Waals surface area contributed by atoms with Crippen molar-refractivity contribution in [3.05, 3.63) is 47.0 Å². The van der Waals surface area contributed by atoms with Crippen LogP contribution in [-0.4, -0.2) is 31.3 Å². The van der Waals surface area contributed by atoms with Crippen LogP contribution in [0.5, 0.6) is 0 Å². The number of hydrogen-bond acceptors (Lipinski definition) is 3. The largest absolute Gasteiger partial charge is 0.481 e. The Morgan fingerprint density at radius 1 is 1.27 bits per heavy atom. The topological polar surface area (TPSA) is 83.5 Å². The molecule has 0 spiro atoms. The van der Waals surface area contributed by atoms with Gasteiger partial charge >= 0.3 is 5.97 Å². The van der Waals surface area contributed by atoms with Gasteiger partial charge in [-0.05, 0) is 30.9 Å². The highest BCUT2D eigenvalue weighted by atomic mass is 35.5. The van der Waals surface area contributed by atoms with Gasteiger partial charge in [0.1, 0.15) is 0 Å². The van der Waals surface area contributed by atoms with E-state index in [-0.39, 0.29) is 12.2 Å². The first-order chi connectivity index (χ1) is 10.4. The van der Waals surface area contributed by atoms with Crippen LogP contribution in [-0.2, 0) is 21.2 Å². The Bertz CT molecular complexity index is 672. The van der Waals surface area contributed by atoms with Crippen molar-refractivity contribution in [2.45, 2.75) is 25.3 Å². The monoisotopic (exact) mass is 343 g/mol. The number of allylic oxidation sites excluding steroid dienone is 1. The number of benzene rings is 1. The molecule has 0 aliphatic heterocycles. The first-order valence-electron chi connectivity index (χ1n) is 7.00. The minimum Gasteiger partial charge on any atom is -0.481 e. The third kappa shape index (κ3) is 4.56. The Morgan fingerprint density at radius 2 is 1.95 bits per heavy atom. The van der Waals surface area contributed by atoms with Crippen LogP contribution < -0.4 is 4.72 Å². The molecule has 2 rings (SSSR count). The molecule has 0 fully saturated rings. The van der Waals surface area contributed by atoms with Gasteiger partial charge in [-0.2, -0.15) is 0 Å². The fourth-order valence-electron chi connectivity index (χ4n) is 2.45. The van der Waals surface area contributed by atoms with Gasteiger partial charge in [-0.1, -0.05) is 42.0 Å². The molecule has 0 saturated heterocycles. The zero-order valence-electron chi connectivity index (χ0n) is 11.9. The number of rotatable bonds is 6. The summed E-state index contributed by atoms with van der Waals surface area (Å²) < 4.78 is 26.9. The zero-order valence-corrected chi connectivity index (χ0v) is 13.5. The molecule has 0 radical (unpaired) electrons. The molecule has 1 aliphatic rings. The number of aliphatic carboxylic acids is 1. The molecule has 120 valence electrons. The van der Waals surface area contributed by atoms with Crippen LogP contribution in [0.15, 0.2) is 36.4 Å². The summed E-state index contributed by atoms with van der Waals surface area (Å²) in [6.45, 7) is 0. The lowest BCUT2D eigenvalue weighted by molar-refractivity contribution is -0.142. The van der Waals surface area contributed by atoms with Crippen molar-refractivity contribution < 1.29 is 18.3 Å². The van der Waals surface area contributed by atoms with Crippen molar-refractivity contribution in [2.75, 3.05) is 5.75 Å². The summed E-state index contributed by atoms with van der Waals surface area (Å²) in [6.07, 6.45) is 4.60. The minimum atomic E-state index is -3.57. The van der Waals surface area contributed by atoms with Crippen molar-refractivity contribution in [3.63, 3.8) is 0 Å². The standard InChI is InChI=1S/C15H18ClNO4S/c16-13-7-3-1-5-11(13)9-10-22(20,21)17-14-8-4-2-6-12(14)15(18)19/h1-5,7,12,14,17H,6,8-10H2,(H,18,19)/t12-,14+/m1/s1. The van der Waals surface area contributed by atoms with E-state index in [9.17, 15) is 13.2 Å². The Morgan fingerprint density at radius 3 is 2.64 bits per heavy atom. The second-order valence-corrected chi connectivity index (χ2v) is 7.55. The average molecular weight is 344 g/mol. The van der Waals surface area contributed by atoms with Gasteiger partial charge in [-0.3, -0.25) is 4.79 Å². The van der Waals surface area contributed by atoms with E-state index in [4.69, 9.17) is 16.7 Å². The Kier molecular flexibility index (Phi) is 5.61. The van der Waals surface area contributed by atoms with E-state index < -0.39 is 28.0 Å². The summed E-state index contributed by atoms with van der Waals surface area (Å²) in [4.78, 5) is 11.2. The molecule has 0 bridgehead atoms. The molecule has 2 N–H and O–H groups in total. The molecule has 22 heavy (non-hydrogen) atoms. The fourth-order valence-corrected chi connectivity index (χ4v) is 4.01. The highest BCUT2D eigenvalue weighted by Crippen LogP contribution is 2.21. The summed E-state index contributed by atoms with van der Waals surface area (Å²) in [6, 6.07) is 6.47. The van der Waals surface area contributed by atoms with E-state index in [2.05, 4.69) is 4.72 Å². The van der Waals surface area contributed by atoms with E-state index >= 15 is 0 Å². The van der Waals surface area contributed by atoms with Crippen LogP contribution in [0.25, 0.3) is 0 Å². The summed E-state index contributed by atoms with van der Waals surface area (Å²) in [5.41, 5.74) is 0.757. The second kappa shape index (κ2) is 7.26. The number of nitrogens with one attached hydrogen (secondary N) is 1. The van der Waals surface area contributed by atoms with Crippen LogP contribution in [0.1, 0.15) is 18.4 Å². The number of aryl methyl sites for hydroxylation is 1. The lowest BCUT2D eigenvalue weighted by Gasteiger charge is -2.25. The third-order valence-electron chi connectivity index (χ3n) is 3.68. The lowest BCUT2D eigenvalue weighted by Crippen LogP contribution is -2.45. The Balaban J connectivity index is 2.00. The smallest absolute Gasteiger partial charge is 0.308 e. The predicted octanol–water partition coefficient (Wildman–Crippen LogP) is 2.22. The van der Waals surface area contributed by atoms with Crippen LogP contribution in [0.3, 0.4) is 0 Å². The van der Waals surface area contributed by atoms with Crippen molar-refractivity contribution in [3.8, 4) is 0 Å². The molecule has 7 heteroatoms. The quantitative estimate of drug-likeness (QED) is 0.776. The average Bonchev–Trinajstić information content (AvgIpc) is 2.46. The van der Waals surface area contributed by atoms with Gasteiger partial charge in [0, 0.05) is 11.1 Å². The van der Waals surface area contributed by atoms with Crippen molar-refractivity contribution in [1.82, 2.24) is 4.72 Å². The molecule has 1 aromatic carbocycles. The molecule has 0 heterocycles. The van der Waals surface area contributed by atoms with Gasteiger partial charge in [0.25, 0.3) is 0 Å². The minimum absolute atomic E-state index is 0.122. The fraction of sp³-hybridized carbons (Fsp3) is 0.400. The normalized spacial score (nSPS) is 21.7. The van der Waals surface area contributed by atoms with Crippen LogP contribution in [0.2, 0.25) is 5.02 Å². The summed E-state index contributed by atoms with van der Waals surface area (Å²) >= 11 is 6.01. The summed E-state index contributed by atoms with van der Waals surface area (Å²) in [5.74, 6) is -1.83. The van der Waals surface area contributed by atoms with E-state index in [1.807, 2.05) is 0 Å². The maximum atomic E-state index is 12.2. The molecular weight excluding hydrogens is 326 g/mol. The van der Waals surface area contributed by atoms with Gasteiger partial charge in [0.2, 0.25) is 10.0 Å². The van der Waals surface area contributed by atoms with E-state index in [1.54, 1.807) is 36.4 Å². The molecule has 0 aromatic heterocycles. The Labute approximate surface area is 135 Å². The molecule has 0 unspecified atom stereocenters. The SMILES string of the molecule is O=C(O)[C@@H]1CC=CC[C@@H]1NS(=O)(=O)CCc1ccccc1Cl. The first kappa shape index (κ1) is 17.0. The molecule has 1 aliphatic carbocycles. The van der Waals surface area contributed by atoms with E-state index in [0.29, 0.717) is 17.9 Å². The highest BCUT2D eigenvalue weighted by Gasteiger charge is 2.31. The lowest BCUT2D eigenvalue weighted by atomic mass is 9.90. The third-order valence-corrected chi connectivity index (χ3v) is 5.45. The number of carbonyl (C=O) groups is 1. The number of carboxylic acids is 1. The Hall–Kier alpha value is -1.37. The van der Waals surface area contributed by atoms with Gasteiger partial charge in [-0.15, -0.1) is 0 Å². The number of hydrogen-bond donors (Lipinski definition) is 2. The second-order valence-electron chi connectivity index (χ2n) is 5.27. The van der Waals surface area contributed by atoms with Crippen molar-refractivity contribution in [1.29, 1.82) is 0 Å². The van der Waals surface area contributed by atoms with Crippen LogP contribution >= 0.6 is 11.6 Å². The zero-order chi connectivity index (χ0) is 16.2. The van der Waals surface area contributed by atoms with Gasteiger partial charge in [0.15, 0.2) is 0 Å². The van der Waals surface area contributed by atoms with Crippen molar-refractivity contribution >= 4 is 27.6 Å². The maximum absolute atomic E-state index is 12.2. The van der Waals surface area contributed by atoms with Crippen LogP contribution in [0, 0.1) is 5.92 Å².